The summed E-state index contributed by atoms with van der Waals surface area (Å²) in [5.41, 5.74) is 3.60. The highest BCUT2D eigenvalue weighted by Crippen LogP contribution is 2.63. The number of hydrogen-bond donors (Lipinski definition) is 2. The van der Waals surface area contributed by atoms with Crippen LogP contribution >= 0.6 is 11.8 Å². The molecule has 2 aromatic carbocycles. The van der Waals surface area contributed by atoms with Gasteiger partial charge in [-0.15, -0.1) is 18.3 Å². The second-order valence-electron chi connectivity index (χ2n) is 15.6. The average molecular weight is 764 g/mol. The maximum atomic E-state index is 14.6. The molecular formula is C44H58FNO7S. The van der Waals surface area contributed by atoms with E-state index >= 15 is 0 Å². The lowest BCUT2D eigenvalue weighted by molar-refractivity contribution is -0.223. The molecule has 0 aromatic heterocycles. The Morgan fingerprint density at radius 2 is 1.78 bits per heavy atom. The van der Waals surface area contributed by atoms with E-state index in [1.165, 1.54) is 31.7 Å². The van der Waals surface area contributed by atoms with Crippen LogP contribution < -0.4 is 9.47 Å². The molecule has 2 aliphatic heterocycles. The fourth-order valence-electron chi connectivity index (χ4n) is 9.48. The zero-order valence-electron chi connectivity index (χ0n) is 31.5. The normalized spacial score (nSPS) is 29.9. The Hall–Kier alpha value is -2.89. The minimum Gasteiger partial charge on any atom is -0.489 e. The van der Waals surface area contributed by atoms with E-state index in [1.807, 2.05) is 36.0 Å². The van der Waals surface area contributed by atoms with Crippen molar-refractivity contribution in [3.05, 3.63) is 83.7 Å². The summed E-state index contributed by atoms with van der Waals surface area (Å²) in [5.74, 6) is 0.296. The first-order valence-electron chi connectivity index (χ1n) is 20.4. The van der Waals surface area contributed by atoms with E-state index in [4.69, 9.17) is 28.9 Å². The Kier molecular flexibility index (Phi) is 13.7. The van der Waals surface area contributed by atoms with E-state index < -0.39 is 5.79 Å². The third-order valence-corrected chi connectivity index (χ3v) is 13.7. The molecule has 7 rings (SSSR count). The Balaban J connectivity index is 1.36. The Labute approximate surface area is 324 Å². The number of hydrogen-bond acceptors (Lipinski definition) is 9. The number of thioether (sulfide) groups is 1. The number of ether oxygens (including phenoxy) is 4. The summed E-state index contributed by atoms with van der Waals surface area (Å²) in [6.45, 7) is 5.49. The fraction of sp³-hybridized carbons (Fsp3) is 0.614. The Morgan fingerprint density at radius 3 is 2.54 bits per heavy atom. The molecule has 2 saturated carbocycles. The van der Waals surface area contributed by atoms with E-state index in [0.29, 0.717) is 36.2 Å². The van der Waals surface area contributed by atoms with Crippen LogP contribution in [0.4, 0.5) is 4.39 Å². The van der Waals surface area contributed by atoms with Crippen LogP contribution in [0.2, 0.25) is 0 Å². The number of unbranched alkanes of at least 4 members (excludes halogenated alkanes) is 2. The summed E-state index contributed by atoms with van der Waals surface area (Å²) in [6, 6.07) is 12.7. The van der Waals surface area contributed by atoms with Gasteiger partial charge in [0.05, 0.1) is 30.1 Å². The molecule has 1 unspecified atom stereocenters. The summed E-state index contributed by atoms with van der Waals surface area (Å²) < 4.78 is 41.3. The number of halogens is 1. The molecule has 8 nitrogen and oxygen atoms in total. The second kappa shape index (κ2) is 18.8. The van der Waals surface area contributed by atoms with E-state index in [-0.39, 0.29) is 60.8 Å². The summed E-state index contributed by atoms with van der Waals surface area (Å²) >= 11 is 1.99. The van der Waals surface area contributed by atoms with Gasteiger partial charge in [-0.25, -0.2) is 4.39 Å². The van der Waals surface area contributed by atoms with Crippen LogP contribution in [0.25, 0.3) is 0 Å². The van der Waals surface area contributed by atoms with Gasteiger partial charge in [-0.05, 0) is 93.0 Å². The predicted molar refractivity (Wildman–Crippen MR) is 210 cm³/mol. The molecule has 0 spiro atoms. The maximum Gasteiger partial charge on any atom is 0.230 e. The summed E-state index contributed by atoms with van der Waals surface area (Å²) in [7, 11) is 0. The van der Waals surface area contributed by atoms with Crippen molar-refractivity contribution in [3.8, 4) is 11.5 Å². The molecule has 0 radical (unpaired) electrons. The second-order valence-corrected chi connectivity index (χ2v) is 17.1. The molecule has 3 aliphatic carbocycles. The number of aliphatic hydroxyl groups is 2. The highest BCUT2D eigenvalue weighted by molar-refractivity contribution is 8.00. The molecule has 5 aliphatic rings. The molecule has 54 heavy (non-hydrogen) atoms. The zero-order valence-corrected chi connectivity index (χ0v) is 32.4. The highest BCUT2D eigenvalue weighted by atomic mass is 32.2. The number of aliphatic hydroxyl groups excluding tert-OH is 2. The topological polar surface area (TPSA) is 99.0 Å². The van der Waals surface area contributed by atoms with Gasteiger partial charge in [-0.1, -0.05) is 61.2 Å². The lowest BCUT2D eigenvalue weighted by Gasteiger charge is -2.58. The molecule has 2 N–H and O–H groups in total. The van der Waals surface area contributed by atoms with Gasteiger partial charge >= 0.3 is 0 Å². The molecule has 1 saturated heterocycles. The summed E-state index contributed by atoms with van der Waals surface area (Å²) in [6.07, 6.45) is 17.3. The van der Waals surface area contributed by atoms with E-state index in [0.717, 1.165) is 80.4 Å². The van der Waals surface area contributed by atoms with Crippen LogP contribution in [0, 0.1) is 23.6 Å². The standard InChI is InChI=1S/C44H58FNO7S/c1-2-24-51-44-40(54-33-15-4-5-16-33)28-38(46-53-41-19-9-12-25-49-41)35-26-30(13-7-10-22-47)34(17-8-11-23-48)42(43(35)44)36-27-32(20-21-39(36)52-44)50-29-31-14-3-6-18-37(31)45/h2-3,6,14,18,20-21,26-27,30,33-34,40-43,47-48H,1,4-5,7-13,15-17,19,22-25,28-29H2/t30-,34+,40-,41?,42+,43+,44+/m0/s1. The van der Waals surface area contributed by atoms with Gasteiger partial charge in [0.2, 0.25) is 12.1 Å². The van der Waals surface area contributed by atoms with Gasteiger partial charge in [0, 0.05) is 48.4 Å². The smallest absolute Gasteiger partial charge is 0.230 e. The molecule has 2 aromatic rings. The molecule has 3 fully saturated rings. The van der Waals surface area contributed by atoms with Crippen molar-refractivity contribution >= 4 is 17.5 Å². The van der Waals surface area contributed by atoms with Gasteiger partial charge in [0.15, 0.2) is 0 Å². The first-order valence-corrected chi connectivity index (χ1v) is 21.4. The van der Waals surface area contributed by atoms with E-state index in [2.05, 4.69) is 18.7 Å². The molecule has 0 bridgehead atoms. The number of benzene rings is 2. The first kappa shape index (κ1) is 39.3. The van der Waals surface area contributed by atoms with Crippen molar-refractivity contribution in [1.82, 2.24) is 0 Å². The summed E-state index contributed by atoms with van der Waals surface area (Å²) in [4.78, 5) is 6.24. The van der Waals surface area contributed by atoms with Crippen molar-refractivity contribution in [2.45, 2.75) is 125 Å². The highest BCUT2D eigenvalue weighted by Gasteiger charge is 2.64. The molecule has 2 heterocycles. The third-order valence-electron chi connectivity index (χ3n) is 12.1. The van der Waals surface area contributed by atoms with Crippen molar-refractivity contribution in [2.75, 3.05) is 26.4 Å². The van der Waals surface area contributed by atoms with Crippen molar-refractivity contribution < 1.29 is 38.4 Å². The number of allylic oxidation sites excluding steroid dienone is 1. The molecule has 10 heteroatoms. The SMILES string of the molecule is C=CCO[C@@]12Oc3ccc(OCc4ccccc4F)cc3[C@H]3[C@H](CCCCO)[C@@H](CCCCO)C=C(C(=NOC4CCCCO4)C[C@@H]1SC1CCCC1)[C@H]32. The average Bonchev–Trinajstić information content (AvgIpc) is 3.72. The lowest BCUT2D eigenvalue weighted by Crippen LogP contribution is -2.64. The molecule has 0 amide bonds. The molecule has 294 valence electrons. The zero-order chi connectivity index (χ0) is 37.3. The number of nitrogens with zero attached hydrogens (tertiary/aromatic N) is 1. The van der Waals surface area contributed by atoms with Crippen LogP contribution in [-0.2, 0) is 20.9 Å². The quantitative estimate of drug-likeness (QED) is 0.0882. The Morgan fingerprint density at radius 1 is 0.981 bits per heavy atom. The first-order chi connectivity index (χ1) is 26.5. The van der Waals surface area contributed by atoms with Gasteiger partial charge in [0.1, 0.15) is 23.9 Å². The predicted octanol–water partition coefficient (Wildman–Crippen LogP) is 9.24. The Bertz CT molecular complexity index is 1610. The van der Waals surface area contributed by atoms with Crippen molar-refractivity contribution in [2.24, 2.45) is 22.9 Å². The fourth-order valence-corrected chi connectivity index (χ4v) is 11.3. The number of rotatable bonds is 18. The van der Waals surface area contributed by atoms with Gasteiger partial charge < -0.3 is 34.0 Å². The maximum absolute atomic E-state index is 14.6. The van der Waals surface area contributed by atoms with Crippen molar-refractivity contribution in [1.29, 1.82) is 0 Å². The summed E-state index contributed by atoms with van der Waals surface area (Å²) in [5, 5.41) is 25.1. The van der Waals surface area contributed by atoms with Gasteiger partial charge in [0.25, 0.3) is 0 Å². The minimum atomic E-state index is -0.994. The largest absolute Gasteiger partial charge is 0.489 e. The van der Waals surface area contributed by atoms with Crippen LogP contribution in [0.3, 0.4) is 0 Å². The van der Waals surface area contributed by atoms with E-state index in [1.54, 1.807) is 12.1 Å². The molecule has 7 atom stereocenters. The van der Waals surface area contributed by atoms with Gasteiger partial charge in [-0.2, -0.15) is 0 Å². The van der Waals surface area contributed by atoms with Crippen LogP contribution in [0.5, 0.6) is 11.5 Å². The van der Waals surface area contributed by atoms with Crippen LogP contribution in [-0.4, -0.2) is 64.9 Å². The number of oxime groups is 1. The monoisotopic (exact) mass is 763 g/mol. The lowest BCUT2D eigenvalue weighted by atomic mass is 9.56. The molecular weight excluding hydrogens is 706 g/mol. The van der Waals surface area contributed by atoms with Crippen LogP contribution in [0.15, 0.2) is 71.9 Å². The van der Waals surface area contributed by atoms with Crippen LogP contribution in [0.1, 0.15) is 107 Å². The third kappa shape index (κ3) is 8.73. The van der Waals surface area contributed by atoms with Crippen molar-refractivity contribution in [3.63, 3.8) is 0 Å². The number of fused-ring (bicyclic) bond motifs is 2. The van der Waals surface area contributed by atoms with E-state index in [9.17, 15) is 14.6 Å². The van der Waals surface area contributed by atoms with Gasteiger partial charge in [-0.3, -0.25) is 0 Å². The minimum absolute atomic E-state index is 0.0310.